The Bertz CT molecular complexity index is 1660. The maximum Gasteiger partial charge on any atom is 0.294 e. The lowest BCUT2D eigenvalue weighted by molar-refractivity contribution is -0.117. The van der Waals surface area contributed by atoms with Crippen LogP contribution in [0.25, 0.3) is 10.6 Å². The zero-order chi connectivity index (χ0) is 29.5. The van der Waals surface area contributed by atoms with E-state index in [9.17, 15) is 19.5 Å². The van der Waals surface area contributed by atoms with Crippen LogP contribution in [0.15, 0.2) is 90.2 Å². The van der Waals surface area contributed by atoms with Gasteiger partial charge in [0.15, 0.2) is 5.76 Å². The van der Waals surface area contributed by atoms with Crippen LogP contribution in [0.4, 0.5) is 11.4 Å². The normalized spacial score (nSPS) is 15.4. The number of amides is 2. The number of hydrogen-bond donors (Lipinski definition) is 2. The van der Waals surface area contributed by atoms with Crippen LogP contribution in [0.2, 0.25) is 0 Å². The van der Waals surface area contributed by atoms with Crippen LogP contribution >= 0.6 is 11.3 Å². The summed E-state index contributed by atoms with van der Waals surface area (Å²) in [4.78, 5) is 45.7. The van der Waals surface area contributed by atoms with Crippen LogP contribution in [0, 0.1) is 6.92 Å². The van der Waals surface area contributed by atoms with Crippen LogP contribution in [0.3, 0.4) is 0 Å². The van der Waals surface area contributed by atoms with E-state index in [1.807, 2.05) is 54.6 Å². The number of carbonyl (C=O) groups excluding carboxylic acids is 3. The fourth-order valence-corrected chi connectivity index (χ4v) is 5.95. The van der Waals surface area contributed by atoms with Crippen molar-refractivity contribution in [2.75, 3.05) is 10.2 Å². The lowest BCUT2D eigenvalue weighted by Gasteiger charge is -2.28. The summed E-state index contributed by atoms with van der Waals surface area (Å²) < 4.78 is 0. The summed E-state index contributed by atoms with van der Waals surface area (Å²) in [5, 5.41) is 14.6. The minimum absolute atomic E-state index is 0.0100. The summed E-state index contributed by atoms with van der Waals surface area (Å²) in [6.07, 6.45) is 0. The quantitative estimate of drug-likeness (QED) is 0.242. The van der Waals surface area contributed by atoms with Gasteiger partial charge < -0.3 is 10.4 Å². The summed E-state index contributed by atoms with van der Waals surface area (Å²) in [5.41, 5.74) is 4.18. The van der Waals surface area contributed by atoms with Gasteiger partial charge in [-0.25, -0.2) is 4.98 Å². The number of benzene rings is 3. The Morgan fingerprint density at radius 1 is 0.951 bits per heavy atom. The Hall–Kier alpha value is -4.56. The molecular formula is C33H31N3O4S. The molecule has 4 aromatic rings. The number of aliphatic hydroxyl groups is 1. The molecule has 3 aromatic carbocycles. The Kier molecular flexibility index (Phi) is 7.36. The zero-order valence-corrected chi connectivity index (χ0v) is 24.4. The maximum atomic E-state index is 14.2. The molecule has 2 amide bonds. The summed E-state index contributed by atoms with van der Waals surface area (Å²) in [6.45, 7) is 9.51. The lowest BCUT2D eigenvalue weighted by Crippen LogP contribution is -2.31. The number of aryl methyl sites for hydroxylation is 1. The van der Waals surface area contributed by atoms with Gasteiger partial charge in [0.05, 0.1) is 22.2 Å². The topological polar surface area (TPSA) is 99.6 Å². The first-order valence-corrected chi connectivity index (χ1v) is 14.1. The summed E-state index contributed by atoms with van der Waals surface area (Å²) >= 11 is 1.24. The predicted molar refractivity (Wildman–Crippen MR) is 162 cm³/mol. The van der Waals surface area contributed by atoms with E-state index in [4.69, 9.17) is 0 Å². The molecule has 2 heterocycles. The molecule has 208 valence electrons. The lowest BCUT2D eigenvalue weighted by atomic mass is 9.85. The number of thiazole rings is 1. The van der Waals surface area contributed by atoms with Gasteiger partial charge >= 0.3 is 0 Å². The number of aromatic nitrogens is 1. The largest absolute Gasteiger partial charge is 0.503 e. The van der Waals surface area contributed by atoms with E-state index in [1.54, 1.807) is 31.2 Å². The summed E-state index contributed by atoms with van der Waals surface area (Å²) in [7, 11) is 0. The number of rotatable bonds is 6. The average molecular weight is 566 g/mol. The summed E-state index contributed by atoms with van der Waals surface area (Å²) in [6, 6.07) is 23.2. The minimum atomic E-state index is -0.864. The number of nitrogens with one attached hydrogen (secondary N) is 1. The molecule has 2 N–H and O–H groups in total. The zero-order valence-electron chi connectivity index (χ0n) is 23.6. The van der Waals surface area contributed by atoms with Crippen molar-refractivity contribution in [1.82, 2.24) is 4.98 Å². The van der Waals surface area contributed by atoms with E-state index >= 15 is 0 Å². The van der Waals surface area contributed by atoms with Crippen LogP contribution in [-0.4, -0.2) is 27.7 Å². The van der Waals surface area contributed by atoms with Gasteiger partial charge in [0.25, 0.3) is 5.91 Å². The summed E-state index contributed by atoms with van der Waals surface area (Å²) in [5.74, 6) is -1.90. The molecule has 0 spiro atoms. The SMILES string of the molecule is CC(=O)Nc1ccc(N2C(=O)C(O)=C(C(=O)c3sc(-c4ccccc4)nc3C)C2c2ccc(C(C)(C)C)cc2)cc1. The number of nitrogens with zero attached hydrogens (tertiary/aromatic N) is 2. The molecule has 41 heavy (non-hydrogen) atoms. The number of Topliss-reactive ketones (excluding diaryl/α,β-unsaturated/α-hetero) is 1. The van der Waals surface area contributed by atoms with Gasteiger partial charge in [0, 0.05) is 23.9 Å². The molecule has 1 aromatic heterocycles. The standard InChI is InChI=1S/C33H31N3O4S/c1-19-30(41-31(34-19)22-9-7-6-8-10-22)28(38)26-27(21-11-13-23(14-12-21)33(3,4)5)36(32(40)29(26)39)25-17-15-24(16-18-25)35-20(2)37/h6-18,27,39H,1-5H3,(H,35,37). The molecule has 0 bridgehead atoms. The number of ketones is 1. The molecule has 1 atom stereocenters. The predicted octanol–water partition coefficient (Wildman–Crippen LogP) is 7.16. The highest BCUT2D eigenvalue weighted by molar-refractivity contribution is 7.17. The average Bonchev–Trinajstić information content (AvgIpc) is 3.46. The Labute approximate surface area is 243 Å². The second kappa shape index (κ2) is 10.8. The fraction of sp³-hybridized carbons (Fsp3) is 0.212. The van der Waals surface area contributed by atoms with Gasteiger partial charge in [-0.15, -0.1) is 11.3 Å². The first kappa shape index (κ1) is 28.0. The van der Waals surface area contributed by atoms with E-state index in [0.29, 0.717) is 32.5 Å². The van der Waals surface area contributed by atoms with Crippen LogP contribution < -0.4 is 10.2 Å². The molecule has 0 radical (unpaired) electrons. The molecule has 1 unspecified atom stereocenters. The van der Waals surface area contributed by atoms with Crippen LogP contribution in [-0.2, 0) is 15.0 Å². The molecule has 0 fully saturated rings. The molecule has 1 aliphatic rings. The third kappa shape index (κ3) is 5.43. The Morgan fingerprint density at radius 2 is 1.59 bits per heavy atom. The smallest absolute Gasteiger partial charge is 0.294 e. The van der Waals surface area contributed by atoms with E-state index in [-0.39, 0.29) is 16.9 Å². The highest BCUT2D eigenvalue weighted by atomic mass is 32.1. The second-order valence-electron chi connectivity index (χ2n) is 11.1. The molecule has 7 nitrogen and oxygen atoms in total. The van der Waals surface area contributed by atoms with Crippen molar-refractivity contribution < 1.29 is 19.5 Å². The molecule has 8 heteroatoms. The highest BCUT2D eigenvalue weighted by Crippen LogP contribution is 2.44. The third-order valence-corrected chi connectivity index (χ3v) is 8.24. The number of anilines is 2. The second-order valence-corrected chi connectivity index (χ2v) is 12.1. The van der Waals surface area contributed by atoms with Gasteiger partial charge in [-0.05, 0) is 47.7 Å². The van der Waals surface area contributed by atoms with Crippen molar-refractivity contribution in [3.8, 4) is 10.6 Å². The number of carbonyl (C=O) groups is 3. The molecule has 0 saturated carbocycles. The van der Waals surface area contributed by atoms with Crippen molar-refractivity contribution in [2.45, 2.75) is 46.1 Å². The van der Waals surface area contributed by atoms with E-state index in [0.717, 1.165) is 11.1 Å². The molecular weight excluding hydrogens is 534 g/mol. The number of aliphatic hydroxyl groups excluding tert-OH is 1. The van der Waals surface area contributed by atoms with Crippen molar-refractivity contribution in [3.63, 3.8) is 0 Å². The van der Waals surface area contributed by atoms with Gasteiger partial charge in [0.2, 0.25) is 11.7 Å². The van der Waals surface area contributed by atoms with Crippen molar-refractivity contribution >= 4 is 40.3 Å². The monoisotopic (exact) mass is 565 g/mol. The van der Waals surface area contributed by atoms with E-state index < -0.39 is 23.5 Å². The maximum absolute atomic E-state index is 14.2. The van der Waals surface area contributed by atoms with Crippen molar-refractivity contribution in [2.24, 2.45) is 0 Å². The molecule has 0 aliphatic carbocycles. The Morgan fingerprint density at radius 3 is 2.17 bits per heavy atom. The fourth-order valence-electron chi connectivity index (χ4n) is 4.93. The molecule has 5 rings (SSSR count). The van der Waals surface area contributed by atoms with Gasteiger partial charge in [-0.1, -0.05) is 75.4 Å². The van der Waals surface area contributed by atoms with Gasteiger partial charge in [-0.3, -0.25) is 19.3 Å². The van der Waals surface area contributed by atoms with Gasteiger partial charge in [-0.2, -0.15) is 0 Å². The van der Waals surface area contributed by atoms with E-state index in [2.05, 4.69) is 31.1 Å². The van der Waals surface area contributed by atoms with Gasteiger partial charge in [0.1, 0.15) is 5.01 Å². The Balaban J connectivity index is 1.60. The van der Waals surface area contributed by atoms with Crippen molar-refractivity contribution in [1.29, 1.82) is 0 Å². The van der Waals surface area contributed by atoms with E-state index in [1.165, 1.54) is 23.2 Å². The third-order valence-electron chi connectivity index (χ3n) is 7.03. The molecule has 1 aliphatic heterocycles. The van der Waals surface area contributed by atoms with Crippen molar-refractivity contribution in [3.05, 3.63) is 112 Å². The first-order chi connectivity index (χ1) is 19.5. The molecule has 0 saturated heterocycles. The first-order valence-electron chi connectivity index (χ1n) is 13.3. The number of hydrogen-bond acceptors (Lipinski definition) is 6. The van der Waals surface area contributed by atoms with Crippen LogP contribution in [0.1, 0.15) is 60.2 Å². The minimum Gasteiger partial charge on any atom is -0.503 e. The highest BCUT2D eigenvalue weighted by Gasteiger charge is 2.45. The van der Waals surface area contributed by atoms with Crippen LogP contribution in [0.5, 0.6) is 0 Å².